The molecule has 0 aromatic heterocycles. The summed E-state index contributed by atoms with van der Waals surface area (Å²) in [7, 11) is 0. The van der Waals surface area contributed by atoms with E-state index >= 15 is 0 Å². The van der Waals surface area contributed by atoms with Crippen LogP contribution in [0.2, 0.25) is 5.02 Å². The first-order valence-corrected chi connectivity index (χ1v) is 10.6. The topological polar surface area (TPSA) is 62.8 Å². The number of nitrogens with one attached hydrogen (secondary N) is 2. The second kappa shape index (κ2) is 12.3. The maximum atomic E-state index is 9.23. The van der Waals surface area contributed by atoms with Crippen molar-refractivity contribution in [3.8, 4) is 11.5 Å². The highest BCUT2D eigenvalue weighted by Crippen LogP contribution is 2.37. The highest BCUT2D eigenvalue weighted by molar-refractivity contribution is 9.10. The van der Waals surface area contributed by atoms with Gasteiger partial charge in [0.15, 0.2) is 11.5 Å². The molecule has 0 aliphatic heterocycles. The van der Waals surface area contributed by atoms with E-state index in [2.05, 4.69) is 26.6 Å². The van der Waals surface area contributed by atoms with Crippen LogP contribution in [0.1, 0.15) is 25.0 Å². The van der Waals surface area contributed by atoms with Crippen LogP contribution < -0.4 is 20.1 Å². The third kappa shape index (κ3) is 7.97. The van der Waals surface area contributed by atoms with Gasteiger partial charge in [-0.2, -0.15) is 0 Å². The van der Waals surface area contributed by atoms with E-state index < -0.39 is 0 Å². The van der Waals surface area contributed by atoms with Crippen LogP contribution in [0.3, 0.4) is 0 Å². The van der Waals surface area contributed by atoms with E-state index in [1.807, 2.05) is 43.3 Å². The summed E-state index contributed by atoms with van der Waals surface area (Å²) >= 11 is 9.54. The minimum absolute atomic E-state index is 0.329. The first kappa shape index (κ1) is 23.0. The van der Waals surface area contributed by atoms with Gasteiger partial charge in [0.2, 0.25) is 0 Å². The fourth-order valence-corrected chi connectivity index (χ4v) is 3.31. The van der Waals surface area contributed by atoms with Gasteiger partial charge in [-0.3, -0.25) is 0 Å². The maximum absolute atomic E-state index is 9.23. The third-order valence-corrected chi connectivity index (χ3v) is 4.75. The zero-order chi connectivity index (χ0) is 20.4. The smallest absolute Gasteiger partial charge is 0.175 e. The molecule has 1 atom stereocenters. The van der Waals surface area contributed by atoms with Crippen LogP contribution in [0.5, 0.6) is 11.5 Å². The molecule has 154 valence electrons. The summed E-state index contributed by atoms with van der Waals surface area (Å²) in [4.78, 5) is 0. The number of benzene rings is 2. The van der Waals surface area contributed by atoms with Gasteiger partial charge in [-0.15, -0.1) is 0 Å². The predicted octanol–water partition coefficient (Wildman–Crippen LogP) is 4.14. The summed E-state index contributed by atoms with van der Waals surface area (Å²) < 4.78 is 12.7. The number of hydrogen-bond acceptors (Lipinski definition) is 5. The van der Waals surface area contributed by atoms with Gasteiger partial charge < -0.3 is 25.2 Å². The van der Waals surface area contributed by atoms with Crippen molar-refractivity contribution in [3.05, 3.63) is 57.0 Å². The number of halogens is 2. The molecule has 2 rings (SSSR count). The Hall–Kier alpha value is -1.31. The van der Waals surface area contributed by atoms with Crippen LogP contribution >= 0.6 is 27.5 Å². The largest absolute Gasteiger partial charge is 0.490 e. The van der Waals surface area contributed by atoms with Gasteiger partial charge in [-0.1, -0.05) is 23.7 Å². The number of hydrogen-bond donors (Lipinski definition) is 3. The Morgan fingerprint density at radius 2 is 1.79 bits per heavy atom. The first-order chi connectivity index (χ1) is 13.5. The van der Waals surface area contributed by atoms with E-state index in [1.165, 1.54) is 0 Å². The molecule has 0 radical (unpaired) electrons. The van der Waals surface area contributed by atoms with E-state index in [0.717, 1.165) is 34.4 Å². The SMILES string of the molecule is CCOc1cc(CNCCNCC(C)O)cc(Br)c1OCc1ccc(Cl)cc1. The van der Waals surface area contributed by atoms with Gasteiger partial charge in [-0.05, 0) is 65.2 Å². The summed E-state index contributed by atoms with van der Waals surface area (Å²) in [5.74, 6) is 1.41. The number of rotatable bonds is 12. The second-order valence-electron chi connectivity index (χ2n) is 6.48. The van der Waals surface area contributed by atoms with E-state index in [-0.39, 0.29) is 6.10 Å². The van der Waals surface area contributed by atoms with Gasteiger partial charge in [0.05, 0.1) is 17.2 Å². The summed E-state index contributed by atoms with van der Waals surface area (Å²) in [6.07, 6.45) is -0.329. The fraction of sp³-hybridized carbons (Fsp3) is 0.429. The monoisotopic (exact) mass is 470 g/mol. The molecule has 2 aromatic rings. The lowest BCUT2D eigenvalue weighted by Gasteiger charge is -2.16. The standard InChI is InChI=1S/C21H28BrClN2O3/c1-3-27-20-11-17(13-25-9-8-24-12-15(2)26)10-19(22)21(20)28-14-16-4-6-18(23)7-5-16/h4-7,10-11,15,24-26H,3,8-9,12-14H2,1-2H3. The Bertz CT molecular complexity index is 726. The quantitative estimate of drug-likeness (QED) is 0.406. The molecule has 0 saturated carbocycles. The van der Waals surface area contributed by atoms with Crippen molar-refractivity contribution >= 4 is 27.5 Å². The molecule has 0 spiro atoms. The van der Waals surface area contributed by atoms with Crippen molar-refractivity contribution in [3.63, 3.8) is 0 Å². The van der Waals surface area contributed by atoms with Crippen LogP contribution in [0, 0.1) is 0 Å². The van der Waals surface area contributed by atoms with Crippen molar-refractivity contribution in [2.75, 3.05) is 26.2 Å². The third-order valence-electron chi connectivity index (χ3n) is 3.91. The van der Waals surface area contributed by atoms with Crippen molar-refractivity contribution in [2.24, 2.45) is 0 Å². The zero-order valence-corrected chi connectivity index (χ0v) is 18.6. The Morgan fingerprint density at radius 3 is 2.46 bits per heavy atom. The van der Waals surface area contributed by atoms with E-state index in [4.69, 9.17) is 21.1 Å². The average molecular weight is 472 g/mol. The molecule has 0 fully saturated rings. The molecule has 2 aromatic carbocycles. The molecule has 1 unspecified atom stereocenters. The molecule has 7 heteroatoms. The summed E-state index contributed by atoms with van der Waals surface area (Å²) in [5, 5.41) is 16.5. The average Bonchev–Trinajstić information content (AvgIpc) is 2.65. The zero-order valence-electron chi connectivity index (χ0n) is 16.3. The highest BCUT2D eigenvalue weighted by Gasteiger charge is 2.13. The molecule has 3 N–H and O–H groups in total. The summed E-state index contributed by atoms with van der Waals surface area (Å²) in [5.41, 5.74) is 2.14. The number of aliphatic hydroxyl groups excluding tert-OH is 1. The van der Waals surface area contributed by atoms with E-state index in [0.29, 0.717) is 37.1 Å². The molecule has 5 nitrogen and oxygen atoms in total. The van der Waals surface area contributed by atoms with Crippen LogP contribution in [0.4, 0.5) is 0 Å². The molecular weight excluding hydrogens is 444 g/mol. The number of aliphatic hydroxyl groups is 1. The summed E-state index contributed by atoms with van der Waals surface area (Å²) in [6, 6.07) is 11.6. The molecular formula is C21H28BrClN2O3. The van der Waals surface area contributed by atoms with Gasteiger partial charge in [-0.25, -0.2) is 0 Å². The van der Waals surface area contributed by atoms with Gasteiger partial charge in [0.1, 0.15) is 6.61 Å². The van der Waals surface area contributed by atoms with Crippen molar-refractivity contribution in [2.45, 2.75) is 33.1 Å². The lowest BCUT2D eigenvalue weighted by atomic mass is 10.2. The minimum Gasteiger partial charge on any atom is -0.490 e. The molecule has 0 saturated heterocycles. The van der Waals surface area contributed by atoms with E-state index in [9.17, 15) is 5.11 Å². The van der Waals surface area contributed by atoms with Crippen LogP contribution in [0.25, 0.3) is 0 Å². The predicted molar refractivity (Wildman–Crippen MR) is 117 cm³/mol. The highest BCUT2D eigenvalue weighted by atomic mass is 79.9. The van der Waals surface area contributed by atoms with Crippen molar-refractivity contribution in [1.82, 2.24) is 10.6 Å². The molecule has 0 amide bonds. The van der Waals surface area contributed by atoms with Gasteiger partial charge in [0.25, 0.3) is 0 Å². The molecule has 0 bridgehead atoms. The van der Waals surface area contributed by atoms with Gasteiger partial charge >= 0.3 is 0 Å². The molecule has 0 aliphatic carbocycles. The maximum Gasteiger partial charge on any atom is 0.175 e. The summed E-state index contributed by atoms with van der Waals surface area (Å²) in [6.45, 7) is 7.63. The fourth-order valence-electron chi connectivity index (χ4n) is 2.58. The molecule has 0 heterocycles. The minimum atomic E-state index is -0.329. The Morgan fingerprint density at radius 1 is 1.07 bits per heavy atom. The number of ether oxygens (including phenoxy) is 2. The van der Waals surface area contributed by atoms with Crippen molar-refractivity contribution in [1.29, 1.82) is 0 Å². The normalized spacial score (nSPS) is 12.0. The Labute approximate surface area is 180 Å². The first-order valence-electron chi connectivity index (χ1n) is 9.41. The lowest BCUT2D eigenvalue weighted by Crippen LogP contribution is -2.31. The lowest BCUT2D eigenvalue weighted by molar-refractivity contribution is 0.191. The van der Waals surface area contributed by atoms with E-state index in [1.54, 1.807) is 6.92 Å². The Balaban J connectivity index is 1.95. The van der Waals surface area contributed by atoms with Crippen molar-refractivity contribution < 1.29 is 14.6 Å². The molecule has 0 aliphatic rings. The van der Waals surface area contributed by atoms with Gasteiger partial charge in [0, 0.05) is 31.2 Å². The van der Waals surface area contributed by atoms with Crippen LogP contribution in [0.15, 0.2) is 40.9 Å². The molecule has 28 heavy (non-hydrogen) atoms. The van der Waals surface area contributed by atoms with Crippen LogP contribution in [-0.4, -0.2) is 37.5 Å². The van der Waals surface area contributed by atoms with Crippen LogP contribution in [-0.2, 0) is 13.2 Å². The second-order valence-corrected chi connectivity index (χ2v) is 7.77. The Kier molecular flexibility index (Phi) is 10.1.